The number of hydrogen-bond donors (Lipinski definition) is 3. The number of carbonyl (C=O) groups is 3. The number of alkyl carbamates (subject to hydrolysis) is 1. The predicted octanol–water partition coefficient (Wildman–Crippen LogP) is 7.00. The molecule has 12 heteroatoms. The Morgan fingerprint density at radius 2 is 1.58 bits per heavy atom. The van der Waals surface area contributed by atoms with E-state index >= 15 is 0 Å². The van der Waals surface area contributed by atoms with Gasteiger partial charge in [0.15, 0.2) is 5.78 Å². The van der Waals surface area contributed by atoms with Gasteiger partial charge in [-0.2, -0.15) is 0 Å². The zero-order valence-corrected chi connectivity index (χ0v) is 31.1. The summed E-state index contributed by atoms with van der Waals surface area (Å²) >= 11 is 2.97. The lowest BCUT2D eigenvalue weighted by Crippen LogP contribution is -2.49. The average molecular weight is 720 g/mol. The summed E-state index contributed by atoms with van der Waals surface area (Å²) in [6.45, 7) is 8.41. The Bertz CT molecular complexity index is 1610. The number of ether oxygens (including phenoxy) is 1. The van der Waals surface area contributed by atoms with E-state index in [-0.39, 0.29) is 43.1 Å². The molecule has 0 aliphatic rings. The van der Waals surface area contributed by atoms with Gasteiger partial charge in [-0.3, -0.25) is 9.78 Å². The molecule has 2 heterocycles. The summed E-state index contributed by atoms with van der Waals surface area (Å²) in [5.41, 5.74) is 4.46. The van der Waals surface area contributed by atoms with Crippen LogP contribution in [0.4, 0.5) is 9.59 Å². The number of hydrogen-bond acceptors (Lipinski definition) is 9. The van der Waals surface area contributed by atoms with Crippen molar-refractivity contribution in [3.8, 4) is 0 Å². The van der Waals surface area contributed by atoms with Gasteiger partial charge in [-0.05, 0) is 42.2 Å². The molecule has 0 aliphatic heterocycles. The Morgan fingerprint density at radius 3 is 2.16 bits per heavy atom. The van der Waals surface area contributed by atoms with E-state index in [0.29, 0.717) is 25.3 Å². The number of thiazole rings is 2. The van der Waals surface area contributed by atoms with Crippen LogP contribution < -0.4 is 10.6 Å². The molecule has 50 heavy (non-hydrogen) atoms. The fourth-order valence-electron chi connectivity index (χ4n) is 5.74. The van der Waals surface area contributed by atoms with Crippen LogP contribution in [-0.4, -0.2) is 63.1 Å². The predicted molar refractivity (Wildman–Crippen MR) is 198 cm³/mol. The zero-order valence-electron chi connectivity index (χ0n) is 29.5. The fourth-order valence-corrected chi connectivity index (χ4v) is 7.07. The van der Waals surface area contributed by atoms with Crippen LogP contribution in [0, 0.1) is 11.8 Å². The number of urea groups is 1. The lowest BCUT2D eigenvalue weighted by molar-refractivity contribution is -0.123. The summed E-state index contributed by atoms with van der Waals surface area (Å²) in [5.74, 6) is -0.226. The maximum absolute atomic E-state index is 14.0. The third-order valence-corrected chi connectivity index (χ3v) is 10.4. The highest BCUT2D eigenvalue weighted by atomic mass is 32.1. The molecule has 0 spiro atoms. The minimum absolute atomic E-state index is 0.0794. The highest BCUT2D eigenvalue weighted by Gasteiger charge is 2.31. The largest absolute Gasteiger partial charge is 0.444 e. The average Bonchev–Trinajstić information content (AvgIpc) is 3.79. The molecule has 268 valence electrons. The van der Waals surface area contributed by atoms with Crippen LogP contribution in [-0.2, 0) is 35.5 Å². The Labute approximate surface area is 303 Å². The molecule has 3 amide bonds. The molecule has 4 atom stereocenters. The number of nitrogens with one attached hydrogen (secondary N) is 2. The van der Waals surface area contributed by atoms with Crippen molar-refractivity contribution in [1.82, 2.24) is 25.5 Å². The van der Waals surface area contributed by atoms with Crippen LogP contribution >= 0.6 is 22.7 Å². The van der Waals surface area contributed by atoms with Gasteiger partial charge in [0.05, 0.1) is 45.8 Å². The molecule has 2 aromatic heterocycles. The second-order valence-electron chi connectivity index (χ2n) is 13.4. The monoisotopic (exact) mass is 719 g/mol. The molecular formula is C38H49N5O5S2. The first-order chi connectivity index (χ1) is 24.0. The van der Waals surface area contributed by atoms with Gasteiger partial charge in [-0.25, -0.2) is 14.6 Å². The molecule has 0 aliphatic carbocycles. The van der Waals surface area contributed by atoms with Gasteiger partial charge in [-0.1, -0.05) is 88.4 Å². The molecule has 2 aromatic carbocycles. The number of rotatable bonds is 18. The molecule has 0 bridgehead atoms. The van der Waals surface area contributed by atoms with Crippen molar-refractivity contribution in [2.75, 3.05) is 7.05 Å². The van der Waals surface area contributed by atoms with Gasteiger partial charge < -0.3 is 25.4 Å². The minimum atomic E-state index is -0.986. The molecular weight excluding hydrogens is 671 g/mol. The van der Waals surface area contributed by atoms with Gasteiger partial charge in [0, 0.05) is 31.0 Å². The summed E-state index contributed by atoms with van der Waals surface area (Å²) < 4.78 is 5.44. The number of Topliss-reactive ketones (excluding diaryl/α,β-unsaturated/α-hetero) is 1. The van der Waals surface area contributed by atoms with Gasteiger partial charge in [-0.15, -0.1) is 22.7 Å². The standard InChI is InChI=1S/C38H49N5O5S2/c1-25(2)35(42-37(46)43(5)21-30-23-49-36(40-30)26(3)4)34(45)19-29(16-27-12-8-6-9-13-27)18-33(44)32(17-28-14-10-7-11-15-28)41-38(47)48-22-31-20-39-24-50-31/h6-15,20,23-26,29,32-33,35,44H,16-19,21-22H2,1-5H3,(H,41,47)(H,42,46). The van der Waals surface area contributed by atoms with E-state index in [4.69, 9.17) is 4.74 Å². The van der Waals surface area contributed by atoms with Crippen molar-refractivity contribution in [3.63, 3.8) is 0 Å². The third-order valence-electron chi connectivity index (χ3n) is 8.43. The molecule has 4 unspecified atom stereocenters. The number of ketones is 1. The van der Waals surface area contributed by atoms with Crippen LogP contribution in [0.3, 0.4) is 0 Å². The zero-order chi connectivity index (χ0) is 36.0. The Morgan fingerprint density at radius 1 is 0.920 bits per heavy atom. The summed E-state index contributed by atoms with van der Waals surface area (Å²) in [6.07, 6.45) is 1.31. The van der Waals surface area contributed by atoms with Crippen molar-refractivity contribution < 1.29 is 24.2 Å². The van der Waals surface area contributed by atoms with Gasteiger partial charge in [0.1, 0.15) is 6.61 Å². The molecule has 0 saturated heterocycles. The maximum Gasteiger partial charge on any atom is 0.407 e. The molecule has 10 nitrogen and oxygen atoms in total. The highest BCUT2D eigenvalue weighted by molar-refractivity contribution is 7.09. The first-order valence-corrected chi connectivity index (χ1v) is 18.8. The fraction of sp³-hybridized carbons (Fsp3) is 0.447. The van der Waals surface area contributed by atoms with Crippen LogP contribution in [0.5, 0.6) is 0 Å². The van der Waals surface area contributed by atoms with Gasteiger partial charge >= 0.3 is 12.1 Å². The van der Waals surface area contributed by atoms with Crippen LogP contribution in [0.1, 0.15) is 73.2 Å². The number of benzene rings is 2. The number of nitrogens with zero attached hydrogens (tertiary/aromatic N) is 3. The van der Waals surface area contributed by atoms with E-state index in [1.54, 1.807) is 35.0 Å². The quantitative estimate of drug-likeness (QED) is 0.101. The normalized spacial score (nSPS) is 13.8. The van der Waals surface area contributed by atoms with Crippen molar-refractivity contribution in [2.24, 2.45) is 11.8 Å². The van der Waals surface area contributed by atoms with Crippen LogP contribution in [0.2, 0.25) is 0 Å². The van der Waals surface area contributed by atoms with Crippen molar-refractivity contribution in [1.29, 1.82) is 0 Å². The SMILES string of the molecule is CC(C)c1nc(CN(C)C(=O)NC(C(=O)CC(Cc2ccccc2)CC(O)C(Cc2ccccc2)NC(=O)OCc2cncs2)C(C)C)cs1. The van der Waals surface area contributed by atoms with E-state index in [9.17, 15) is 19.5 Å². The summed E-state index contributed by atoms with van der Waals surface area (Å²) in [5, 5.41) is 20.5. The van der Waals surface area contributed by atoms with E-state index < -0.39 is 24.3 Å². The molecule has 4 rings (SSSR count). The Kier molecular flexibility index (Phi) is 14.9. The number of carbonyl (C=O) groups excluding carboxylic acids is 3. The highest BCUT2D eigenvalue weighted by Crippen LogP contribution is 2.24. The molecule has 0 radical (unpaired) electrons. The number of aliphatic hydroxyl groups excluding tert-OH is 1. The number of aliphatic hydroxyl groups is 1. The maximum atomic E-state index is 14.0. The van der Waals surface area contributed by atoms with Crippen molar-refractivity contribution in [2.45, 2.75) is 90.6 Å². The number of aromatic nitrogens is 2. The van der Waals surface area contributed by atoms with Gasteiger partial charge in [0.2, 0.25) is 0 Å². The lowest BCUT2D eigenvalue weighted by Gasteiger charge is -2.29. The minimum Gasteiger partial charge on any atom is -0.444 e. The van der Waals surface area contributed by atoms with Crippen molar-refractivity contribution >= 4 is 40.6 Å². The smallest absolute Gasteiger partial charge is 0.407 e. The Hall–Kier alpha value is -4.13. The summed E-state index contributed by atoms with van der Waals surface area (Å²) in [6, 6.07) is 17.7. The lowest BCUT2D eigenvalue weighted by atomic mass is 9.84. The van der Waals surface area contributed by atoms with Crippen molar-refractivity contribution in [3.05, 3.63) is 104 Å². The molecule has 4 aromatic rings. The Balaban J connectivity index is 1.46. The summed E-state index contributed by atoms with van der Waals surface area (Å²) in [4.78, 5) is 51.2. The van der Waals surface area contributed by atoms with E-state index in [0.717, 1.165) is 26.7 Å². The van der Waals surface area contributed by atoms with Crippen LogP contribution in [0.15, 0.2) is 77.8 Å². The third kappa shape index (κ3) is 12.3. The second kappa shape index (κ2) is 19.3. The van der Waals surface area contributed by atoms with E-state index in [2.05, 4.69) is 34.4 Å². The second-order valence-corrected chi connectivity index (χ2v) is 15.2. The molecule has 0 saturated carbocycles. The first kappa shape index (κ1) is 38.7. The summed E-state index contributed by atoms with van der Waals surface area (Å²) in [7, 11) is 1.70. The van der Waals surface area contributed by atoms with Gasteiger partial charge in [0.25, 0.3) is 0 Å². The van der Waals surface area contributed by atoms with E-state index in [1.165, 1.54) is 11.3 Å². The first-order valence-electron chi connectivity index (χ1n) is 17.0. The number of amides is 3. The molecule has 3 N–H and O–H groups in total. The van der Waals surface area contributed by atoms with Crippen LogP contribution in [0.25, 0.3) is 0 Å². The topological polar surface area (TPSA) is 134 Å². The van der Waals surface area contributed by atoms with E-state index in [1.807, 2.05) is 79.9 Å². The molecule has 0 fully saturated rings.